The number of methoxy groups -OCH3 is 1. The summed E-state index contributed by atoms with van der Waals surface area (Å²) >= 11 is 5.29. The maximum Gasteiger partial charge on any atom is 0.184 e. The number of aromatic hydroxyl groups is 1. The minimum atomic E-state index is -0.840. The van der Waals surface area contributed by atoms with E-state index in [0.29, 0.717) is 0 Å². The van der Waals surface area contributed by atoms with Crippen LogP contribution in [0.5, 0.6) is 11.5 Å². The van der Waals surface area contributed by atoms with E-state index in [1.165, 1.54) is 7.11 Å². The molecule has 1 aromatic rings. The van der Waals surface area contributed by atoms with Crippen molar-refractivity contribution in [1.29, 1.82) is 0 Å². The number of phenolic OH excluding ortho intramolecular Hbond substituents is 1. The Kier molecular flexibility index (Phi) is 3.30. The molecule has 1 rings (SSSR count). The first-order valence-corrected chi connectivity index (χ1v) is 4.29. The number of benzene rings is 1. The molecule has 0 fully saturated rings. The fourth-order valence-corrected chi connectivity index (χ4v) is 1.20. The van der Waals surface area contributed by atoms with Crippen molar-refractivity contribution in [2.24, 2.45) is 0 Å². The molecule has 0 atom stereocenters. The number of hydrogen-bond donors (Lipinski definition) is 1. The van der Waals surface area contributed by atoms with Gasteiger partial charge in [0.2, 0.25) is 0 Å². The predicted molar refractivity (Wildman–Crippen MR) is 49.7 cm³/mol. The fourth-order valence-electron chi connectivity index (χ4n) is 1.07. The summed E-state index contributed by atoms with van der Waals surface area (Å²) in [6.07, 6.45) is 0. The molecule has 0 unspecified atom stereocenters. The number of alkyl halides is 1. The molecule has 5 heteroatoms. The monoisotopic (exact) mass is 218 g/mol. The van der Waals surface area contributed by atoms with Crippen LogP contribution in [-0.4, -0.2) is 23.9 Å². The molecule has 3 nitrogen and oxygen atoms in total. The highest BCUT2D eigenvalue weighted by molar-refractivity contribution is 6.30. The van der Waals surface area contributed by atoms with Crippen LogP contribution in [0.25, 0.3) is 0 Å². The van der Waals surface area contributed by atoms with Crippen LogP contribution in [0.4, 0.5) is 4.39 Å². The Morgan fingerprint density at radius 2 is 2.29 bits per heavy atom. The molecule has 76 valence electrons. The van der Waals surface area contributed by atoms with Crippen molar-refractivity contribution >= 4 is 17.4 Å². The number of Topliss-reactive ketones (excluding diaryl/α,β-unsaturated/α-hetero) is 1. The molecule has 0 aromatic heterocycles. The first kappa shape index (κ1) is 10.8. The maximum absolute atomic E-state index is 13.2. The highest BCUT2D eigenvalue weighted by Crippen LogP contribution is 2.27. The van der Waals surface area contributed by atoms with Crippen molar-refractivity contribution in [3.63, 3.8) is 0 Å². The SMILES string of the molecule is COc1cc(O)cc(F)c1C(=O)CCl. The zero-order valence-corrected chi connectivity index (χ0v) is 8.14. The van der Waals surface area contributed by atoms with Gasteiger partial charge < -0.3 is 9.84 Å². The normalized spacial score (nSPS) is 9.93. The smallest absolute Gasteiger partial charge is 0.184 e. The quantitative estimate of drug-likeness (QED) is 0.623. The van der Waals surface area contributed by atoms with Gasteiger partial charge >= 0.3 is 0 Å². The van der Waals surface area contributed by atoms with Crippen molar-refractivity contribution in [2.45, 2.75) is 0 Å². The molecule has 1 N–H and O–H groups in total. The van der Waals surface area contributed by atoms with Gasteiger partial charge in [0.25, 0.3) is 0 Å². The Bertz CT molecular complexity index is 365. The number of halogens is 2. The lowest BCUT2D eigenvalue weighted by atomic mass is 10.1. The average molecular weight is 219 g/mol. The lowest BCUT2D eigenvalue weighted by Gasteiger charge is -2.07. The summed E-state index contributed by atoms with van der Waals surface area (Å²) in [5, 5.41) is 9.04. The molecule has 0 saturated heterocycles. The Hall–Kier alpha value is -1.29. The van der Waals surface area contributed by atoms with Gasteiger partial charge in [0.1, 0.15) is 17.3 Å². The third-order valence-electron chi connectivity index (χ3n) is 1.66. The molecule has 0 radical (unpaired) electrons. The van der Waals surface area contributed by atoms with Crippen molar-refractivity contribution < 1.29 is 19.0 Å². The van der Waals surface area contributed by atoms with Crippen molar-refractivity contribution in [1.82, 2.24) is 0 Å². The van der Waals surface area contributed by atoms with E-state index in [1.54, 1.807) is 0 Å². The van der Waals surface area contributed by atoms with Crippen molar-refractivity contribution in [2.75, 3.05) is 13.0 Å². The summed E-state index contributed by atoms with van der Waals surface area (Å²) < 4.78 is 18.0. The van der Waals surface area contributed by atoms with Crippen LogP contribution in [0.3, 0.4) is 0 Å². The van der Waals surface area contributed by atoms with Crippen molar-refractivity contribution in [3.8, 4) is 11.5 Å². The molecule has 1 aromatic carbocycles. The second-order valence-electron chi connectivity index (χ2n) is 2.56. The Morgan fingerprint density at radius 1 is 1.64 bits per heavy atom. The highest BCUT2D eigenvalue weighted by Gasteiger charge is 2.17. The summed E-state index contributed by atoms with van der Waals surface area (Å²) in [5.41, 5.74) is -0.236. The second kappa shape index (κ2) is 4.28. The molecular weight excluding hydrogens is 211 g/mol. The molecule has 0 aliphatic rings. The van der Waals surface area contributed by atoms with Gasteiger partial charge in [0.15, 0.2) is 5.78 Å². The van der Waals surface area contributed by atoms with E-state index in [4.69, 9.17) is 21.4 Å². The van der Waals surface area contributed by atoms with E-state index < -0.39 is 11.6 Å². The van der Waals surface area contributed by atoms with E-state index >= 15 is 0 Å². The molecule has 14 heavy (non-hydrogen) atoms. The predicted octanol–water partition coefficient (Wildman–Crippen LogP) is 1.96. The summed E-state index contributed by atoms with van der Waals surface area (Å²) in [6, 6.07) is 1.99. The van der Waals surface area contributed by atoms with Crippen LogP contribution in [0.1, 0.15) is 10.4 Å². The van der Waals surface area contributed by atoms with Gasteiger partial charge in [-0.1, -0.05) is 0 Å². The second-order valence-corrected chi connectivity index (χ2v) is 2.83. The van der Waals surface area contributed by atoms with Gasteiger partial charge in [-0.3, -0.25) is 4.79 Å². The van der Waals surface area contributed by atoms with E-state index in [2.05, 4.69) is 0 Å². The van der Waals surface area contributed by atoms with Gasteiger partial charge in [0, 0.05) is 12.1 Å². The third kappa shape index (κ3) is 1.96. The lowest BCUT2D eigenvalue weighted by molar-refractivity contribution is 0.101. The molecule has 0 aliphatic carbocycles. The van der Waals surface area contributed by atoms with Crippen molar-refractivity contribution in [3.05, 3.63) is 23.5 Å². The minimum absolute atomic E-state index is 0.0202. The molecule has 0 spiro atoms. The van der Waals surface area contributed by atoms with Crippen LogP contribution >= 0.6 is 11.6 Å². The minimum Gasteiger partial charge on any atom is -0.508 e. The average Bonchev–Trinajstić information content (AvgIpc) is 2.15. The summed E-state index contributed by atoms with van der Waals surface area (Å²) in [4.78, 5) is 11.2. The standard InChI is InChI=1S/C9H8ClFO3/c1-14-8-3-5(12)2-6(11)9(8)7(13)4-10/h2-3,12H,4H2,1H3. The molecule has 0 amide bonds. The van der Waals surface area contributed by atoms with E-state index in [0.717, 1.165) is 12.1 Å². The Labute approximate surface area is 85.1 Å². The van der Waals surface area contributed by atoms with Crippen LogP contribution in [0, 0.1) is 5.82 Å². The van der Waals surface area contributed by atoms with Gasteiger partial charge in [-0.2, -0.15) is 0 Å². The summed E-state index contributed by atoms with van der Waals surface area (Å²) in [5.74, 6) is -2.08. The van der Waals surface area contributed by atoms with E-state index in [9.17, 15) is 9.18 Å². The van der Waals surface area contributed by atoms with Crippen LogP contribution in [0.2, 0.25) is 0 Å². The topological polar surface area (TPSA) is 46.5 Å². The first-order chi connectivity index (χ1) is 6.60. The van der Waals surface area contributed by atoms with Gasteiger partial charge in [-0.25, -0.2) is 4.39 Å². The number of carbonyl (C=O) groups excluding carboxylic acids is 1. The third-order valence-corrected chi connectivity index (χ3v) is 1.90. The number of phenols is 1. The van der Waals surface area contributed by atoms with Gasteiger partial charge in [0.05, 0.1) is 18.6 Å². The largest absolute Gasteiger partial charge is 0.508 e. The van der Waals surface area contributed by atoms with Crippen LogP contribution < -0.4 is 4.74 Å². The van der Waals surface area contributed by atoms with Crippen LogP contribution in [0.15, 0.2) is 12.1 Å². The maximum atomic E-state index is 13.2. The van der Waals surface area contributed by atoms with Gasteiger partial charge in [-0.05, 0) is 0 Å². The number of ether oxygens (including phenoxy) is 1. The number of rotatable bonds is 3. The summed E-state index contributed by atoms with van der Waals surface area (Å²) in [6.45, 7) is 0. The Morgan fingerprint density at radius 3 is 2.79 bits per heavy atom. The number of hydrogen-bond acceptors (Lipinski definition) is 3. The van der Waals surface area contributed by atoms with E-state index in [1.807, 2.05) is 0 Å². The Balaban J connectivity index is 3.32. The number of ketones is 1. The molecule has 0 heterocycles. The van der Waals surface area contributed by atoms with E-state index in [-0.39, 0.29) is 22.9 Å². The highest BCUT2D eigenvalue weighted by atomic mass is 35.5. The molecule has 0 bridgehead atoms. The zero-order valence-electron chi connectivity index (χ0n) is 7.38. The lowest BCUT2D eigenvalue weighted by Crippen LogP contribution is -2.06. The van der Waals surface area contributed by atoms with Crippen LogP contribution in [-0.2, 0) is 0 Å². The fraction of sp³-hybridized carbons (Fsp3) is 0.222. The molecule has 0 aliphatic heterocycles. The summed E-state index contributed by atoms with van der Waals surface area (Å²) in [7, 11) is 1.28. The number of carbonyl (C=O) groups is 1. The first-order valence-electron chi connectivity index (χ1n) is 3.75. The van der Waals surface area contributed by atoms with Gasteiger partial charge in [-0.15, -0.1) is 11.6 Å². The zero-order chi connectivity index (χ0) is 10.7. The molecule has 0 saturated carbocycles. The molecular formula is C9H8ClFO3.